The summed E-state index contributed by atoms with van der Waals surface area (Å²) in [6.07, 6.45) is 3.12. The third-order valence-corrected chi connectivity index (χ3v) is 5.36. The van der Waals surface area contributed by atoms with Crippen LogP contribution in [0.3, 0.4) is 0 Å². The SMILES string of the molecule is O=C1CC(S(=O)(=O)[O-])C(=O)N1.[N-]=[N+]=Nc1ccc(CCCCCCC(=O)O)c([N+](=O)[O-])c1.[Na+]. The number of aryl methyl sites for hydroxylation is 1. The molecule has 1 aliphatic heterocycles. The minimum absolute atomic E-state index is 0. The average Bonchev–Trinajstić information content (AvgIpc) is 3.04. The van der Waals surface area contributed by atoms with Gasteiger partial charge >= 0.3 is 35.5 Å². The number of benzene rings is 1. The maximum atomic E-state index is 11.0. The summed E-state index contributed by atoms with van der Waals surface area (Å²) in [7, 11) is -4.67. The number of carboxylic acid groups (broad SMARTS) is 1. The molecule has 1 saturated heterocycles. The smallest absolute Gasteiger partial charge is 0.747 e. The molecule has 0 spiro atoms. The molecule has 1 aromatic rings. The molecule has 0 radical (unpaired) electrons. The third-order valence-electron chi connectivity index (χ3n) is 4.29. The standard InChI is InChI=1S/C13H16N4O4.C4H5NO5S.Na/c14-16-15-11-8-7-10(12(9-11)17(20)21)5-3-1-2-4-6-13(18)19;6-3-1-2(4(7)5-3)11(8,9)10;/h7-9H,1-6H2,(H,18,19);2H,1H2,(H,5,6,7)(H,8,9,10);/q;;+1/p-1. The molecule has 0 aromatic heterocycles. The van der Waals surface area contributed by atoms with E-state index in [-0.39, 0.29) is 47.4 Å². The van der Waals surface area contributed by atoms with Crippen molar-refractivity contribution in [1.82, 2.24) is 5.32 Å². The molecule has 1 aliphatic rings. The first-order chi connectivity index (χ1) is 15.0. The summed E-state index contributed by atoms with van der Waals surface area (Å²) in [6.45, 7) is 0. The molecular weight excluding hydrogens is 473 g/mol. The second kappa shape index (κ2) is 14.6. The Balaban J connectivity index is 0.000000720. The summed E-state index contributed by atoms with van der Waals surface area (Å²) < 4.78 is 30.7. The van der Waals surface area contributed by atoms with Crippen molar-refractivity contribution in [1.29, 1.82) is 0 Å². The molecule has 14 nitrogen and oxygen atoms in total. The number of amides is 2. The summed E-state index contributed by atoms with van der Waals surface area (Å²) in [5.74, 6) is -2.55. The van der Waals surface area contributed by atoms with Crippen LogP contribution in [0.25, 0.3) is 10.4 Å². The number of aliphatic carboxylic acids is 1. The van der Waals surface area contributed by atoms with E-state index in [2.05, 4.69) is 10.0 Å². The fourth-order valence-electron chi connectivity index (χ4n) is 2.76. The van der Waals surface area contributed by atoms with E-state index < -0.39 is 44.5 Å². The van der Waals surface area contributed by atoms with Gasteiger partial charge in [-0.25, -0.2) is 8.42 Å². The number of carboxylic acids is 1. The average molecular weight is 493 g/mol. The van der Waals surface area contributed by atoms with Crippen molar-refractivity contribution in [3.63, 3.8) is 0 Å². The quantitative estimate of drug-likeness (QED) is 0.0470. The molecule has 33 heavy (non-hydrogen) atoms. The van der Waals surface area contributed by atoms with Crippen LogP contribution in [-0.4, -0.2) is 46.0 Å². The molecule has 1 unspecified atom stereocenters. The van der Waals surface area contributed by atoms with Crippen molar-refractivity contribution in [3.8, 4) is 0 Å². The number of imide groups is 1. The van der Waals surface area contributed by atoms with E-state index in [1.54, 1.807) is 17.4 Å². The summed E-state index contributed by atoms with van der Waals surface area (Å²) >= 11 is 0. The molecule has 0 saturated carbocycles. The van der Waals surface area contributed by atoms with Crippen molar-refractivity contribution in [2.45, 2.75) is 50.2 Å². The van der Waals surface area contributed by atoms with Gasteiger partial charge in [0.2, 0.25) is 11.8 Å². The van der Waals surface area contributed by atoms with Crippen LogP contribution in [0.4, 0.5) is 11.4 Å². The topological polar surface area (TPSA) is 233 Å². The number of nitrogens with one attached hydrogen (secondary N) is 1. The van der Waals surface area contributed by atoms with Crippen LogP contribution < -0.4 is 34.9 Å². The first kappa shape index (κ1) is 30.4. The number of nitrogens with zero attached hydrogens (tertiary/aromatic N) is 4. The number of hydrogen-bond acceptors (Lipinski definition) is 9. The molecule has 174 valence electrons. The first-order valence-electron chi connectivity index (χ1n) is 9.28. The number of carbonyl (C=O) groups is 3. The van der Waals surface area contributed by atoms with E-state index in [1.807, 2.05) is 0 Å². The molecule has 0 aliphatic carbocycles. The van der Waals surface area contributed by atoms with Crippen molar-refractivity contribution < 1.29 is 66.9 Å². The molecule has 1 heterocycles. The van der Waals surface area contributed by atoms with Crippen LogP contribution in [0.2, 0.25) is 0 Å². The minimum atomic E-state index is -4.67. The molecule has 1 atom stereocenters. The Morgan fingerprint density at radius 1 is 1.27 bits per heavy atom. The molecule has 0 bridgehead atoms. The van der Waals surface area contributed by atoms with E-state index in [4.69, 9.17) is 10.6 Å². The normalized spacial score (nSPS) is 14.8. The van der Waals surface area contributed by atoms with Gasteiger partial charge < -0.3 is 9.66 Å². The summed E-state index contributed by atoms with van der Waals surface area (Å²) in [4.78, 5) is 44.3. The number of unbranched alkanes of at least 4 members (excludes halogenated alkanes) is 3. The molecular formula is C17H20N5NaO9S. The van der Waals surface area contributed by atoms with Gasteiger partial charge in [-0.05, 0) is 24.8 Å². The Morgan fingerprint density at radius 2 is 1.91 bits per heavy atom. The van der Waals surface area contributed by atoms with Gasteiger partial charge in [-0.1, -0.05) is 30.1 Å². The third kappa shape index (κ3) is 11.2. The van der Waals surface area contributed by atoms with Crippen molar-refractivity contribution in [2.24, 2.45) is 5.11 Å². The van der Waals surface area contributed by atoms with Crippen LogP contribution in [0.15, 0.2) is 23.3 Å². The van der Waals surface area contributed by atoms with Crippen LogP contribution in [-0.2, 0) is 30.9 Å². The number of azide groups is 1. The van der Waals surface area contributed by atoms with Gasteiger partial charge in [-0.2, -0.15) is 0 Å². The number of rotatable bonds is 10. The zero-order valence-corrected chi connectivity index (χ0v) is 20.5. The number of hydrogen-bond donors (Lipinski definition) is 2. The minimum Gasteiger partial charge on any atom is -0.747 e. The maximum absolute atomic E-state index is 11.0. The van der Waals surface area contributed by atoms with Crippen molar-refractivity contribution >= 4 is 39.3 Å². The Kier molecular flexibility index (Phi) is 13.4. The van der Waals surface area contributed by atoms with Crippen LogP contribution >= 0.6 is 0 Å². The Labute approximate surface area is 210 Å². The monoisotopic (exact) mass is 493 g/mol. The summed E-state index contributed by atoms with van der Waals surface area (Å²) in [5, 5.41) is 22.8. The van der Waals surface area contributed by atoms with Gasteiger partial charge in [0.05, 0.1) is 11.3 Å². The zero-order valence-electron chi connectivity index (χ0n) is 17.7. The van der Waals surface area contributed by atoms with E-state index >= 15 is 0 Å². The van der Waals surface area contributed by atoms with Crippen molar-refractivity contribution in [2.75, 3.05) is 0 Å². The summed E-state index contributed by atoms with van der Waals surface area (Å²) in [5.41, 5.74) is 9.09. The zero-order chi connectivity index (χ0) is 24.3. The number of carbonyl (C=O) groups excluding carboxylic acids is 2. The van der Waals surface area contributed by atoms with E-state index in [0.29, 0.717) is 18.4 Å². The van der Waals surface area contributed by atoms with E-state index in [9.17, 15) is 37.5 Å². The molecule has 16 heteroatoms. The molecule has 1 aromatic carbocycles. The number of nitro groups is 1. The predicted molar refractivity (Wildman–Crippen MR) is 108 cm³/mol. The van der Waals surface area contributed by atoms with E-state index in [1.165, 1.54) is 6.07 Å². The van der Waals surface area contributed by atoms with Gasteiger partial charge in [0.25, 0.3) is 5.69 Å². The number of nitro benzene ring substituents is 1. The van der Waals surface area contributed by atoms with Crippen LogP contribution in [0, 0.1) is 10.1 Å². The Hall–Kier alpha value is -2.55. The van der Waals surface area contributed by atoms with Gasteiger partial charge in [-0.3, -0.25) is 29.8 Å². The van der Waals surface area contributed by atoms with Crippen LogP contribution in [0.5, 0.6) is 0 Å². The molecule has 2 rings (SSSR count). The fraction of sp³-hybridized carbons (Fsp3) is 0.471. The van der Waals surface area contributed by atoms with Gasteiger partial charge in [0.15, 0.2) is 0 Å². The van der Waals surface area contributed by atoms with E-state index in [0.717, 1.165) is 19.3 Å². The maximum Gasteiger partial charge on any atom is 1.00 e. The van der Waals surface area contributed by atoms with Crippen molar-refractivity contribution in [3.05, 3.63) is 44.3 Å². The second-order valence-corrected chi connectivity index (χ2v) is 8.22. The summed E-state index contributed by atoms with van der Waals surface area (Å²) in [6, 6.07) is 4.41. The van der Waals surface area contributed by atoms with Gasteiger partial charge in [0, 0.05) is 28.6 Å². The largest absolute Gasteiger partial charge is 1.00 e. The first-order valence-corrected chi connectivity index (χ1v) is 10.8. The Bertz CT molecular complexity index is 1040. The van der Waals surface area contributed by atoms with Gasteiger partial charge in [0.1, 0.15) is 15.4 Å². The predicted octanol–water partition coefficient (Wildman–Crippen LogP) is -0.935. The fourth-order valence-corrected chi connectivity index (χ4v) is 3.43. The Morgan fingerprint density at radius 3 is 2.36 bits per heavy atom. The molecule has 2 amide bonds. The molecule has 2 N–H and O–H groups in total. The van der Waals surface area contributed by atoms with Crippen LogP contribution in [0.1, 0.15) is 44.1 Å². The molecule has 1 fully saturated rings. The van der Waals surface area contributed by atoms with Gasteiger partial charge in [-0.15, -0.1) is 0 Å². The second-order valence-electron chi connectivity index (χ2n) is 6.67.